The molecular formula is C38H39N3O8S. The van der Waals surface area contributed by atoms with Crippen LogP contribution in [0.4, 0.5) is 11.4 Å². The zero-order valence-corrected chi connectivity index (χ0v) is 28.1. The van der Waals surface area contributed by atoms with Crippen LogP contribution in [-0.2, 0) is 29.6 Å². The Bertz CT molecular complexity index is 1910. The highest BCUT2D eigenvalue weighted by Gasteiger charge is 2.23. The molecule has 0 amide bonds. The van der Waals surface area contributed by atoms with Crippen molar-refractivity contribution in [1.29, 1.82) is 0 Å². The number of nitrogens with one attached hydrogen (secondary N) is 1. The fourth-order valence-corrected chi connectivity index (χ4v) is 6.33. The molecule has 0 heterocycles. The van der Waals surface area contributed by atoms with Crippen LogP contribution in [0.3, 0.4) is 0 Å². The Morgan fingerprint density at radius 3 is 1.98 bits per heavy atom. The molecule has 3 N–H and O–H groups in total. The monoisotopic (exact) mass is 697 g/mol. The van der Waals surface area contributed by atoms with E-state index in [-0.39, 0.29) is 29.5 Å². The molecule has 5 aromatic carbocycles. The van der Waals surface area contributed by atoms with Gasteiger partial charge in [0.05, 0.1) is 9.82 Å². The summed E-state index contributed by atoms with van der Waals surface area (Å²) in [6.07, 6.45) is -0.966. The molecule has 0 aliphatic rings. The van der Waals surface area contributed by atoms with E-state index in [0.29, 0.717) is 26.0 Å². The predicted octanol–water partition coefficient (Wildman–Crippen LogP) is 6.17. The predicted molar refractivity (Wildman–Crippen MR) is 190 cm³/mol. The van der Waals surface area contributed by atoms with Crippen LogP contribution < -0.4 is 14.2 Å². The molecule has 0 saturated carbocycles. The van der Waals surface area contributed by atoms with E-state index in [2.05, 4.69) is 4.72 Å². The highest BCUT2D eigenvalue weighted by atomic mass is 32.2. The zero-order chi connectivity index (χ0) is 35.3. The Balaban J connectivity index is 1.20. The van der Waals surface area contributed by atoms with Gasteiger partial charge in [0.25, 0.3) is 15.7 Å². The van der Waals surface area contributed by atoms with Crippen molar-refractivity contribution in [3.63, 3.8) is 0 Å². The standard InChI is InChI=1S/C38H39N3O8S/c42-32(28-49-34-21-22-37(41(44)45)36(24-34)39-50(46,47)35-14-8-3-9-15-35)26-40(25-30-10-4-1-5-11-30)38(43)23-18-29-16-19-33(20-17-29)48-27-31-12-6-2-7-13-31/h1-17,19-22,24,32,38-39,42-43H,18,23,25-28H2/t32?,38-/m0/s1. The number of nitro benzene ring substituents is 1. The topological polar surface area (TPSA) is 151 Å². The van der Waals surface area contributed by atoms with Crippen molar-refractivity contribution in [3.8, 4) is 11.5 Å². The lowest BCUT2D eigenvalue weighted by molar-refractivity contribution is -0.383. The molecule has 12 heteroatoms. The Morgan fingerprint density at radius 1 is 0.740 bits per heavy atom. The van der Waals surface area contributed by atoms with Gasteiger partial charge in [-0.2, -0.15) is 0 Å². The van der Waals surface area contributed by atoms with E-state index in [1.165, 1.54) is 24.3 Å². The lowest BCUT2D eigenvalue weighted by Gasteiger charge is -2.30. The molecule has 11 nitrogen and oxygen atoms in total. The summed E-state index contributed by atoms with van der Waals surface area (Å²) in [7, 11) is -4.11. The van der Waals surface area contributed by atoms with Gasteiger partial charge in [0.15, 0.2) is 0 Å². The van der Waals surface area contributed by atoms with Crippen molar-refractivity contribution < 1.29 is 33.0 Å². The minimum Gasteiger partial charge on any atom is -0.491 e. The van der Waals surface area contributed by atoms with Crippen molar-refractivity contribution in [2.75, 3.05) is 17.9 Å². The number of aryl methyl sites for hydroxylation is 1. The second-order valence-corrected chi connectivity index (χ2v) is 13.4. The molecule has 0 radical (unpaired) electrons. The van der Waals surface area contributed by atoms with Gasteiger partial charge in [-0.25, -0.2) is 8.42 Å². The largest absolute Gasteiger partial charge is 0.491 e. The van der Waals surface area contributed by atoms with E-state index in [1.54, 1.807) is 23.1 Å². The van der Waals surface area contributed by atoms with Crippen LogP contribution in [0.2, 0.25) is 0 Å². The summed E-state index contributed by atoms with van der Waals surface area (Å²) >= 11 is 0. The maximum atomic E-state index is 12.9. The van der Waals surface area contributed by atoms with E-state index in [9.17, 15) is 28.7 Å². The summed E-state index contributed by atoms with van der Waals surface area (Å²) in [5.41, 5.74) is 2.32. The average Bonchev–Trinajstić information content (AvgIpc) is 3.13. The van der Waals surface area contributed by atoms with Crippen molar-refractivity contribution in [3.05, 3.63) is 160 Å². The summed E-state index contributed by atoms with van der Waals surface area (Å²) in [6, 6.07) is 38.4. The van der Waals surface area contributed by atoms with Gasteiger partial charge in [-0.1, -0.05) is 91.0 Å². The Kier molecular flexibility index (Phi) is 12.5. The molecule has 5 aromatic rings. The first-order chi connectivity index (χ1) is 24.2. The van der Waals surface area contributed by atoms with Crippen molar-refractivity contribution in [2.24, 2.45) is 0 Å². The summed E-state index contributed by atoms with van der Waals surface area (Å²) in [4.78, 5) is 12.7. The number of ether oxygens (including phenoxy) is 2. The first-order valence-corrected chi connectivity index (χ1v) is 17.5. The molecule has 260 valence electrons. The van der Waals surface area contributed by atoms with Crippen molar-refractivity contribution in [1.82, 2.24) is 4.90 Å². The zero-order valence-electron chi connectivity index (χ0n) is 27.2. The van der Waals surface area contributed by atoms with Crippen LogP contribution in [0.1, 0.15) is 23.1 Å². The number of benzene rings is 5. The number of sulfonamides is 1. The van der Waals surface area contributed by atoms with Crippen LogP contribution >= 0.6 is 0 Å². The van der Waals surface area contributed by atoms with Crippen LogP contribution in [0.25, 0.3) is 0 Å². The van der Waals surface area contributed by atoms with Crippen LogP contribution in [0.15, 0.2) is 138 Å². The van der Waals surface area contributed by atoms with Crippen LogP contribution in [-0.4, -0.2) is 53.9 Å². The van der Waals surface area contributed by atoms with Crippen LogP contribution in [0, 0.1) is 10.1 Å². The molecule has 0 aliphatic heterocycles. The number of aliphatic hydroxyl groups excluding tert-OH is 2. The van der Waals surface area contributed by atoms with Gasteiger partial charge in [-0.05, 0) is 59.9 Å². The summed E-state index contributed by atoms with van der Waals surface area (Å²) in [5, 5.41) is 33.9. The number of rotatable bonds is 18. The molecule has 0 spiro atoms. The van der Waals surface area contributed by atoms with Gasteiger partial charge in [0, 0.05) is 25.2 Å². The lowest BCUT2D eigenvalue weighted by atomic mass is 10.1. The van der Waals surface area contributed by atoms with E-state index in [4.69, 9.17) is 9.47 Å². The molecule has 50 heavy (non-hydrogen) atoms. The third kappa shape index (κ3) is 10.6. The number of nitrogens with zero attached hydrogens (tertiary/aromatic N) is 2. The SMILES string of the molecule is O=[N+]([O-])c1ccc(OCC(O)CN(Cc2ccccc2)[C@@H](O)CCc2ccc(OCc3ccccc3)cc2)cc1NS(=O)(=O)c1ccccc1. The lowest BCUT2D eigenvalue weighted by Crippen LogP contribution is -2.42. The highest BCUT2D eigenvalue weighted by molar-refractivity contribution is 7.92. The third-order valence-corrected chi connectivity index (χ3v) is 9.24. The number of hydrogen-bond acceptors (Lipinski definition) is 9. The minimum absolute atomic E-state index is 0.0574. The molecule has 0 aromatic heterocycles. The Hall–Kier alpha value is -5.27. The van der Waals surface area contributed by atoms with E-state index in [0.717, 1.165) is 28.5 Å². The average molecular weight is 698 g/mol. The van der Waals surface area contributed by atoms with Gasteiger partial charge >= 0.3 is 0 Å². The maximum absolute atomic E-state index is 12.9. The molecule has 0 fully saturated rings. The number of anilines is 1. The van der Waals surface area contributed by atoms with Gasteiger partial charge in [-0.3, -0.25) is 19.7 Å². The molecule has 2 atom stereocenters. The molecule has 0 saturated heterocycles. The number of hydrogen-bond donors (Lipinski definition) is 3. The number of nitro groups is 1. The normalized spacial score (nSPS) is 12.6. The van der Waals surface area contributed by atoms with Crippen LogP contribution in [0.5, 0.6) is 11.5 Å². The van der Waals surface area contributed by atoms with Gasteiger partial charge in [0.2, 0.25) is 0 Å². The Morgan fingerprint density at radius 2 is 1.34 bits per heavy atom. The molecule has 0 bridgehead atoms. The van der Waals surface area contributed by atoms with E-state index in [1.807, 2.05) is 84.9 Å². The van der Waals surface area contributed by atoms with Crippen molar-refractivity contribution in [2.45, 2.75) is 43.2 Å². The first kappa shape index (κ1) is 36.0. The fourth-order valence-electron chi connectivity index (χ4n) is 5.25. The van der Waals surface area contributed by atoms with E-state index < -0.39 is 33.0 Å². The Labute approximate surface area is 291 Å². The number of aliphatic hydroxyl groups is 2. The van der Waals surface area contributed by atoms with Gasteiger partial charge < -0.3 is 19.7 Å². The fraction of sp³-hybridized carbons (Fsp3) is 0.211. The summed E-state index contributed by atoms with van der Waals surface area (Å²) in [5.74, 6) is 0.868. The maximum Gasteiger partial charge on any atom is 0.293 e. The molecule has 1 unspecified atom stereocenters. The van der Waals surface area contributed by atoms with Gasteiger partial charge in [-0.15, -0.1) is 0 Å². The van der Waals surface area contributed by atoms with E-state index >= 15 is 0 Å². The minimum atomic E-state index is -4.11. The molecule has 0 aliphatic carbocycles. The van der Waals surface area contributed by atoms with Gasteiger partial charge in [0.1, 0.15) is 42.7 Å². The molecule has 5 rings (SSSR count). The van der Waals surface area contributed by atoms with Crippen molar-refractivity contribution >= 4 is 21.4 Å². The smallest absolute Gasteiger partial charge is 0.293 e. The quantitative estimate of drug-likeness (QED) is 0.0555. The highest BCUT2D eigenvalue weighted by Crippen LogP contribution is 2.31. The summed E-state index contributed by atoms with van der Waals surface area (Å²) < 4.78 is 39.7. The molecular weight excluding hydrogens is 658 g/mol. The second kappa shape index (κ2) is 17.4. The third-order valence-electron chi connectivity index (χ3n) is 7.86. The second-order valence-electron chi connectivity index (χ2n) is 11.7. The first-order valence-electron chi connectivity index (χ1n) is 16.0. The summed E-state index contributed by atoms with van der Waals surface area (Å²) in [6.45, 7) is 0.681.